The van der Waals surface area contributed by atoms with Crippen LogP contribution in [0.2, 0.25) is 0 Å². The van der Waals surface area contributed by atoms with Gasteiger partial charge in [-0.25, -0.2) is 9.78 Å². The SMILES string of the molecule is O=C(CCCn1c(=O)oc2ccccc21)N1CCCC1c1nc2ccccc2s1. The first kappa shape index (κ1) is 18.1. The summed E-state index contributed by atoms with van der Waals surface area (Å²) in [4.78, 5) is 31.7. The largest absolute Gasteiger partial charge is 0.419 e. The Morgan fingerprint density at radius 2 is 2.00 bits per heavy atom. The van der Waals surface area contributed by atoms with Gasteiger partial charge < -0.3 is 9.32 Å². The van der Waals surface area contributed by atoms with E-state index in [9.17, 15) is 9.59 Å². The number of aryl methyl sites for hydroxylation is 1. The van der Waals surface area contributed by atoms with Crippen LogP contribution in [0.15, 0.2) is 57.7 Å². The summed E-state index contributed by atoms with van der Waals surface area (Å²) in [7, 11) is 0. The maximum Gasteiger partial charge on any atom is 0.419 e. The van der Waals surface area contributed by atoms with Crippen LogP contribution in [0.25, 0.3) is 21.3 Å². The van der Waals surface area contributed by atoms with E-state index in [4.69, 9.17) is 9.40 Å². The highest BCUT2D eigenvalue weighted by atomic mass is 32.1. The highest BCUT2D eigenvalue weighted by Gasteiger charge is 2.31. The monoisotopic (exact) mass is 407 g/mol. The Morgan fingerprint density at radius 1 is 1.17 bits per heavy atom. The normalized spacial score (nSPS) is 16.8. The van der Waals surface area contributed by atoms with Gasteiger partial charge in [-0.2, -0.15) is 0 Å². The van der Waals surface area contributed by atoms with Crippen LogP contribution in [0, 0.1) is 0 Å². The Labute approximate surface area is 171 Å². The molecule has 0 spiro atoms. The van der Waals surface area contributed by atoms with Crippen LogP contribution in [-0.2, 0) is 11.3 Å². The number of carbonyl (C=O) groups excluding carboxylic acids is 1. The third kappa shape index (κ3) is 3.35. The first-order valence-electron chi connectivity index (χ1n) is 9.94. The van der Waals surface area contributed by atoms with Gasteiger partial charge in [-0.05, 0) is 43.5 Å². The second-order valence-electron chi connectivity index (χ2n) is 7.36. The minimum absolute atomic E-state index is 0.0670. The first-order valence-corrected chi connectivity index (χ1v) is 10.8. The summed E-state index contributed by atoms with van der Waals surface area (Å²) in [6, 6.07) is 15.5. The molecule has 1 atom stereocenters. The zero-order valence-corrected chi connectivity index (χ0v) is 16.7. The highest BCUT2D eigenvalue weighted by Crippen LogP contribution is 2.36. The molecule has 4 aromatic rings. The second kappa shape index (κ2) is 7.48. The lowest BCUT2D eigenvalue weighted by Gasteiger charge is -2.23. The number of amides is 1. The van der Waals surface area contributed by atoms with E-state index >= 15 is 0 Å². The molecule has 0 bridgehead atoms. The predicted octanol–water partition coefficient (Wildman–Crippen LogP) is 4.35. The van der Waals surface area contributed by atoms with E-state index in [0.717, 1.165) is 40.1 Å². The number of para-hydroxylation sites is 3. The Balaban J connectivity index is 1.27. The molecule has 2 aromatic heterocycles. The smallest absolute Gasteiger partial charge is 0.408 e. The van der Waals surface area contributed by atoms with E-state index in [2.05, 4.69) is 6.07 Å². The Kier molecular flexibility index (Phi) is 4.67. The number of nitrogens with zero attached hydrogens (tertiary/aromatic N) is 3. The van der Waals surface area contributed by atoms with Crippen molar-refractivity contribution in [3.05, 3.63) is 64.1 Å². The number of likely N-dealkylation sites (tertiary alicyclic amines) is 1. The van der Waals surface area contributed by atoms with E-state index in [1.807, 2.05) is 41.3 Å². The molecule has 29 heavy (non-hydrogen) atoms. The van der Waals surface area contributed by atoms with Crippen molar-refractivity contribution in [2.75, 3.05) is 6.54 Å². The maximum atomic E-state index is 12.9. The third-order valence-corrected chi connectivity index (χ3v) is 6.65. The predicted molar refractivity (Wildman–Crippen MR) is 113 cm³/mol. The Hall–Kier alpha value is -2.93. The highest BCUT2D eigenvalue weighted by molar-refractivity contribution is 7.18. The summed E-state index contributed by atoms with van der Waals surface area (Å²) in [6.07, 6.45) is 2.97. The van der Waals surface area contributed by atoms with Gasteiger partial charge in [0.1, 0.15) is 5.01 Å². The number of rotatable bonds is 5. The average molecular weight is 407 g/mol. The fourth-order valence-electron chi connectivity index (χ4n) is 4.11. The van der Waals surface area contributed by atoms with E-state index in [1.54, 1.807) is 22.0 Å². The molecule has 7 heteroatoms. The third-order valence-electron chi connectivity index (χ3n) is 5.51. The van der Waals surface area contributed by atoms with Crippen LogP contribution >= 0.6 is 11.3 Å². The van der Waals surface area contributed by atoms with Crippen molar-refractivity contribution in [3.63, 3.8) is 0 Å². The molecule has 3 heterocycles. The number of oxazole rings is 1. The molecule has 1 amide bonds. The van der Waals surface area contributed by atoms with Crippen LogP contribution in [0.5, 0.6) is 0 Å². The molecule has 5 rings (SSSR count). The number of hydrogen-bond acceptors (Lipinski definition) is 5. The number of thiazole rings is 1. The lowest BCUT2D eigenvalue weighted by atomic mass is 10.2. The maximum absolute atomic E-state index is 12.9. The second-order valence-corrected chi connectivity index (χ2v) is 8.42. The Bertz CT molecular complexity index is 1210. The molecule has 1 aliphatic rings. The first-order chi connectivity index (χ1) is 14.2. The zero-order valence-electron chi connectivity index (χ0n) is 15.9. The van der Waals surface area contributed by atoms with Crippen molar-refractivity contribution < 1.29 is 9.21 Å². The van der Waals surface area contributed by atoms with Crippen molar-refractivity contribution in [2.45, 2.75) is 38.3 Å². The van der Waals surface area contributed by atoms with Gasteiger partial charge >= 0.3 is 5.76 Å². The number of hydrogen-bond donors (Lipinski definition) is 0. The van der Waals surface area contributed by atoms with Gasteiger partial charge in [-0.3, -0.25) is 9.36 Å². The molecule has 0 saturated carbocycles. The number of benzene rings is 2. The molecule has 2 aromatic carbocycles. The zero-order chi connectivity index (χ0) is 19.8. The lowest BCUT2D eigenvalue weighted by molar-refractivity contribution is -0.132. The van der Waals surface area contributed by atoms with Gasteiger partial charge in [0.15, 0.2) is 5.58 Å². The van der Waals surface area contributed by atoms with Gasteiger partial charge in [-0.15, -0.1) is 11.3 Å². The Morgan fingerprint density at radius 3 is 2.90 bits per heavy atom. The number of carbonyl (C=O) groups is 1. The van der Waals surface area contributed by atoms with E-state index in [0.29, 0.717) is 25.0 Å². The molecular weight excluding hydrogens is 386 g/mol. The van der Waals surface area contributed by atoms with Crippen molar-refractivity contribution in [3.8, 4) is 0 Å². The summed E-state index contributed by atoms with van der Waals surface area (Å²) in [5, 5.41) is 1.02. The van der Waals surface area contributed by atoms with Crippen LogP contribution in [0.3, 0.4) is 0 Å². The standard InChI is InChI=1S/C22H21N3O3S/c26-20(12-6-14-25-16-8-2-3-10-18(16)28-22(25)27)24-13-5-9-17(24)21-23-15-7-1-4-11-19(15)29-21/h1-4,7-8,10-11,17H,5-6,9,12-14H2. The van der Waals surface area contributed by atoms with Crippen LogP contribution in [-0.4, -0.2) is 26.9 Å². The van der Waals surface area contributed by atoms with Gasteiger partial charge in [0.2, 0.25) is 5.91 Å². The van der Waals surface area contributed by atoms with Crippen LogP contribution < -0.4 is 5.76 Å². The molecule has 0 radical (unpaired) electrons. The van der Waals surface area contributed by atoms with E-state index in [1.165, 1.54) is 0 Å². The average Bonchev–Trinajstić information content (AvgIpc) is 3.44. The molecule has 1 aliphatic heterocycles. The molecule has 0 N–H and O–H groups in total. The fraction of sp³-hybridized carbons (Fsp3) is 0.318. The van der Waals surface area contributed by atoms with Crippen molar-refractivity contribution >= 4 is 38.6 Å². The summed E-state index contributed by atoms with van der Waals surface area (Å²) >= 11 is 1.68. The molecular formula is C22H21N3O3S. The molecule has 1 fully saturated rings. The van der Waals surface area contributed by atoms with Crippen molar-refractivity contribution in [2.24, 2.45) is 0 Å². The van der Waals surface area contributed by atoms with Gasteiger partial charge in [0.25, 0.3) is 0 Å². The number of aromatic nitrogens is 2. The molecule has 1 unspecified atom stereocenters. The topological polar surface area (TPSA) is 68.3 Å². The van der Waals surface area contributed by atoms with E-state index in [-0.39, 0.29) is 17.7 Å². The van der Waals surface area contributed by atoms with E-state index < -0.39 is 0 Å². The summed E-state index contributed by atoms with van der Waals surface area (Å²) in [5.41, 5.74) is 2.36. The van der Waals surface area contributed by atoms with Gasteiger partial charge in [-0.1, -0.05) is 24.3 Å². The molecule has 1 saturated heterocycles. The molecule has 148 valence electrons. The minimum atomic E-state index is -0.368. The fourth-order valence-corrected chi connectivity index (χ4v) is 5.23. The van der Waals surface area contributed by atoms with Gasteiger partial charge in [0, 0.05) is 19.5 Å². The summed E-state index contributed by atoms with van der Waals surface area (Å²) in [6.45, 7) is 1.25. The minimum Gasteiger partial charge on any atom is -0.408 e. The van der Waals surface area contributed by atoms with Crippen LogP contribution in [0.4, 0.5) is 0 Å². The quantitative estimate of drug-likeness (QED) is 0.493. The summed E-state index contributed by atoms with van der Waals surface area (Å²) < 4.78 is 8.03. The summed E-state index contributed by atoms with van der Waals surface area (Å²) in [5.74, 6) is -0.236. The van der Waals surface area contributed by atoms with Crippen LogP contribution in [0.1, 0.15) is 36.7 Å². The number of fused-ring (bicyclic) bond motifs is 2. The molecule has 6 nitrogen and oxygen atoms in total. The lowest BCUT2D eigenvalue weighted by Crippen LogP contribution is -2.30. The van der Waals surface area contributed by atoms with Gasteiger partial charge in [0.05, 0.1) is 21.8 Å². The van der Waals surface area contributed by atoms with Crippen molar-refractivity contribution in [1.82, 2.24) is 14.5 Å². The van der Waals surface area contributed by atoms with Crippen molar-refractivity contribution in [1.29, 1.82) is 0 Å². The molecule has 0 aliphatic carbocycles.